The molecule has 0 amide bonds. The molecular weight excluding hydrogens is 272 g/mol. The number of aromatic nitrogens is 1. The van der Waals surface area contributed by atoms with E-state index < -0.39 is 23.6 Å². The van der Waals surface area contributed by atoms with E-state index in [-0.39, 0.29) is 0 Å². The maximum Gasteiger partial charge on any atom is 0.416 e. The summed E-state index contributed by atoms with van der Waals surface area (Å²) >= 11 is 0. The molecule has 1 aromatic heterocycles. The highest BCUT2D eigenvalue weighted by atomic mass is 19.4. The van der Waals surface area contributed by atoms with Crippen LogP contribution in [-0.4, -0.2) is 12.0 Å². The quantitative estimate of drug-likeness (QED) is 0.872. The zero-order valence-electron chi connectivity index (χ0n) is 10.6. The Hall–Kier alpha value is -1.95. The lowest BCUT2D eigenvalue weighted by atomic mass is 9.98. The standard InChI is InChI=1S/C14H12F4N2/c1-19-13(11-6-7-20-8-12(11)15)9-2-4-10(5-3-9)14(16,17)18/h2-8,13,19H,1H3. The van der Waals surface area contributed by atoms with Crippen molar-refractivity contribution in [2.45, 2.75) is 12.2 Å². The van der Waals surface area contributed by atoms with Gasteiger partial charge in [0.25, 0.3) is 0 Å². The van der Waals surface area contributed by atoms with Crippen LogP contribution in [0.5, 0.6) is 0 Å². The van der Waals surface area contributed by atoms with Crippen molar-refractivity contribution in [2.75, 3.05) is 7.05 Å². The van der Waals surface area contributed by atoms with Crippen molar-refractivity contribution in [1.29, 1.82) is 0 Å². The van der Waals surface area contributed by atoms with Gasteiger partial charge in [0.15, 0.2) is 0 Å². The summed E-state index contributed by atoms with van der Waals surface area (Å²) in [6.07, 6.45) is -1.87. The average Bonchev–Trinajstić information content (AvgIpc) is 2.41. The van der Waals surface area contributed by atoms with E-state index in [9.17, 15) is 17.6 Å². The van der Waals surface area contributed by atoms with Crippen LogP contribution in [0.1, 0.15) is 22.7 Å². The van der Waals surface area contributed by atoms with E-state index in [4.69, 9.17) is 0 Å². The van der Waals surface area contributed by atoms with E-state index in [1.54, 1.807) is 7.05 Å². The Morgan fingerprint density at radius 1 is 1.10 bits per heavy atom. The SMILES string of the molecule is CNC(c1ccc(C(F)(F)F)cc1)c1ccncc1F. The van der Waals surface area contributed by atoms with Gasteiger partial charge in [-0.1, -0.05) is 12.1 Å². The summed E-state index contributed by atoms with van der Waals surface area (Å²) in [6, 6.07) is 5.61. The maximum atomic E-state index is 13.7. The molecule has 0 fully saturated rings. The Morgan fingerprint density at radius 2 is 1.75 bits per heavy atom. The van der Waals surface area contributed by atoms with Gasteiger partial charge >= 0.3 is 6.18 Å². The summed E-state index contributed by atoms with van der Waals surface area (Å²) in [5.41, 5.74) is 0.152. The Bertz CT molecular complexity index is 578. The molecule has 0 spiro atoms. The topological polar surface area (TPSA) is 24.9 Å². The molecule has 0 saturated carbocycles. The molecule has 0 aliphatic carbocycles. The molecule has 1 unspecified atom stereocenters. The van der Waals surface area contributed by atoms with Crippen LogP contribution < -0.4 is 5.32 Å². The van der Waals surface area contributed by atoms with Crippen molar-refractivity contribution in [2.24, 2.45) is 0 Å². The van der Waals surface area contributed by atoms with Gasteiger partial charge in [0.05, 0.1) is 17.8 Å². The molecule has 2 nitrogen and oxygen atoms in total. The predicted octanol–water partition coefficient (Wildman–Crippen LogP) is 3.55. The molecule has 1 atom stereocenters. The largest absolute Gasteiger partial charge is 0.416 e. The second-order valence-corrected chi connectivity index (χ2v) is 4.24. The highest BCUT2D eigenvalue weighted by molar-refractivity contribution is 5.34. The van der Waals surface area contributed by atoms with E-state index in [0.29, 0.717) is 11.1 Å². The minimum atomic E-state index is -4.38. The predicted molar refractivity (Wildman–Crippen MR) is 66.5 cm³/mol. The summed E-state index contributed by atoms with van der Waals surface area (Å²) in [5, 5.41) is 2.88. The molecule has 2 aromatic rings. The molecule has 20 heavy (non-hydrogen) atoms. The number of alkyl halides is 3. The summed E-state index contributed by atoms with van der Waals surface area (Å²) < 4.78 is 51.2. The summed E-state index contributed by atoms with van der Waals surface area (Å²) in [4.78, 5) is 3.65. The third-order valence-corrected chi connectivity index (χ3v) is 2.97. The number of halogens is 4. The minimum absolute atomic E-state index is 0.335. The lowest BCUT2D eigenvalue weighted by Gasteiger charge is -2.18. The molecule has 1 heterocycles. The minimum Gasteiger partial charge on any atom is -0.309 e. The van der Waals surface area contributed by atoms with Crippen LogP contribution in [0.25, 0.3) is 0 Å². The first-order valence-corrected chi connectivity index (χ1v) is 5.87. The Balaban J connectivity index is 2.36. The Kier molecular flexibility index (Phi) is 4.04. The molecular formula is C14H12F4N2. The third-order valence-electron chi connectivity index (χ3n) is 2.97. The van der Waals surface area contributed by atoms with Gasteiger partial charge in [0.1, 0.15) is 5.82 Å². The van der Waals surface area contributed by atoms with Crippen molar-refractivity contribution in [3.63, 3.8) is 0 Å². The summed E-state index contributed by atoms with van der Waals surface area (Å²) in [6.45, 7) is 0. The van der Waals surface area contributed by atoms with Crippen LogP contribution in [0.2, 0.25) is 0 Å². The van der Waals surface area contributed by atoms with Crippen molar-refractivity contribution in [3.8, 4) is 0 Å². The molecule has 1 aromatic carbocycles. The van der Waals surface area contributed by atoms with Crippen molar-refractivity contribution in [3.05, 3.63) is 65.2 Å². The molecule has 6 heteroatoms. The fraction of sp³-hybridized carbons (Fsp3) is 0.214. The number of pyridine rings is 1. The van der Waals surface area contributed by atoms with Crippen molar-refractivity contribution < 1.29 is 17.6 Å². The van der Waals surface area contributed by atoms with E-state index in [1.807, 2.05) is 0 Å². The third kappa shape index (κ3) is 2.96. The Morgan fingerprint density at radius 3 is 2.25 bits per heavy atom. The number of hydrogen-bond donors (Lipinski definition) is 1. The fourth-order valence-corrected chi connectivity index (χ4v) is 1.99. The van der Waals surface area contributed by atoms with Crippen LogP contribution in [-0.2, 0) is 6.18 Å². The molecule has 0 bridgehead atoms. The van der Waals surface area contributed by atoms with E-state index >= 15 is 0 Å². The lowest BCUT2D eigenvalue weighted by Crippen LogP contribution is -2.19. The van der Waals surface area contributed by atoms with Gasteiger partial charge in [0.2, 0.25) is 0 Å². The monoisotopic (exact) mass is 284 g/mol. The molecule has 0 aliphatic heterocycles. The van der Waals surface area contributed by atoms with Gasteiger partial charge in [-0.25, -0.2) is 4.39 Å². The fourth-order valence-electron chi connectivity index (χ4n) is 1.99. The first kappa shape index (κ1) is 14.5. The number of hydrogen-bond acceptors (Lipinski definition) is 2. The first-order chi connectivity index (χ1) is 9.43. The summed E-state index contributed by atoms with van der Waals surface area (Å²) in [7, 11) is 1.61. The van der Waals surface area contributed by atoms with Crippen LogP contribution in [0.15, 0.2) is 42.7 Å². The zero-order chi connectivity index (χ0) is 14.8. The second-order valence-electron chi connectivity index (χ2n) is 4.24. The molecule has 106 valence electrons. The van der Waals surface area contributed by atoms with Gasteiger partial charge in [-0.05, 0) is 30.8 Å². The summed E-state index contributed by atoms with van der Waals surface area (Å²) in [5.74, 6) is -0.508. The highest BCUT2D eigenvalue weighted by Crippen LogP contribution is 2.31. The Labute approximate surface area is 113 Å². The first-order valence-electron chi connectivity index (χ1n) is 5.87. The molecule has 1 N–H and O–H groups in total. The van der Waals surface area contributed by atoms with E-state index in [2.05, 4.69) is 10.3 Å². The normalized spacial score (nSPS) is 13.2. The molecule has 2 rings (SSSR count). The number of benzene rings is 1. The van der Waals surface area contributed by atoms with E-state index in [0.717, 1.165) is 18.3 Å². The van der Waals surface area contributed by atoms with Gasteiger partial charge < -0.3 is 5.32 Å². The zero-order valence-corrected chi connectivity index (χ0v) is 10.6. The molecule has 0 aliphatic rings. The average molecular weight is 284 g/mol. The number of nitrogens with zero attached hydrogens (tertiary/aromatic N) is 1. The van der Waals surface area contributed by atoms with Crippen LogP contribution in [0.3, 0.4) is 0 Å². The lowest BCUT2D eigenvalue weighted by molar-refractivity contribution is -0.137. The van der Waals surface area contributed by atoms with E-state index in [1.165, 1.54) is 24.4 Å². The van der Waals surface area contributed by atoms with Gasteiger partial charge in [-0.3, -0.25) is 4.98 Å². The maximum absolute atomic E-state index is 13.7. The van der Waals surface area contributed by atoms with Crippen LogP contribution in [0.4, 0.5) is 17.6 Å². The smallest absolute Gasteiger partial charge is 0.309 e. The molecule has 0 saturated heterocycles. The van der Waals surface area contributed by atoms with Crippen molar-refractivity contribution in [1.82, 2.24) is 10.3 Å². The second kappa shape index (κ2) is 5.58. The highest BCUT2D eigenvalue weighted by Gasteiger charge is 2.30. The van der Waals surface area contributed by atoms with Crippen LogP contribution >= 0.6 is 0 Å². The van der Waals surface area contributed by atoms with Gasteiger partial charge in [-0.2, -0.15) is 13.2 Å². The number of rotatable bonds is 3. The van der Waals surface area contributed by atoms with Gasteiger partial charge in [0, 0.05) is 11.8 Å². The molecule has 0 radical (unpaired) electrons. The van der Waals surface area contributed by atoms with Crippen LogP contribution in [0, 0.1) is 5.82 Å². The van der Waals surface area contributed by atoms with Gasteiger partial charge in [-0.15, -0.1) is 0 Å². The number of nitrogens with one attached hydrogen (secondary N) is 1. The van der Waals surface area contributed by atoms with Crippen molar-refractivity contribution >= 4 is 0 Å².